The molecule has 24 heavy (non-hydrogen) atoms. The lowest BCUT2D eigenvalue weighted by Crippen LogP contribution is -2.26. The minimum atomic E-state index is 0.000285. The molecule has 0 unspecified atom stereocenters. The molecule has 5 heteroatoms. The summed E-state index contributed by atoms with van der Waals surface area (Å²) < 4.78 is 1.66. The summed E-state index contributed by atoms with van der Waals surface area (Å²) >= 11 is 0. The molecule has 3 aromatic rings. The highest BCUT2D eigenvalue weighted by atomic mass is 16.2. The highest BCUT2D eigenvalue weighted by Gasteiger charge is 2.27. The van der Waals surface area contributed by atoms with Crippen LogP contribution in [0.25, 0.3) is 22.3 Å². The van der Waals surface area contributed by atoms with Gasteiger partial charge in [0.2, 0.25) is 0 Å². The maximum absolute atomic E-state index is 12.7. The lowest BCUT2D eigenvalue weighted by Gasteiger charge is -2.15. The van der Waals surface area contributed by atoms with Crippen LogP contribution in [0.2, 0.25) is 0 Å². The van der Waals surface area contributed by atoms with Crippen LogP contribution in [0.15, 0.2) is 42.7 Å². The normalized spacial score (nSPS) is 13.5. The molecule has 4 rings (SSSR count). The van der Waals surface area contributed by atoms with E-state index in [0.29, 0.717) is 12.2 Å². The van der Waals surface area contributed by atoms with Crippen LogP contribution in [0, 0.1) is 6.92 Å². The molecule has 0 N–H and O–H groups in total. The first-order valence-corrected chi connectivity index (χ1v) is 7.89. The van der Waals surface area contributed by atoms with Crippen molar-refractivity contribution in [1.29, 1.82) is 0 Å². The van der Waals surface area contributed by atoms with E-state index in [1.54, 1.807) is 22.0 Å². The Morgan fingerprint density at radius 2 is 1.92 bits per heavy atom. The summed E-state index contributed by atoms with van der Waals surface area (Å²) in [5.41, 5.74) is 6.92. The van der Waals surface area contributed by atoms with Crippen molar-refractivity contribution < 1.29 is 4.79 Å². The number of aromatic nitrogens is 3. The summed E-state index contributed by atoms with van der Waals surface area (Å²) in [5, 5.41) is 4.30. The molecule has 0 radical (unpaired) electrons. The van der Waals surface area contributed by atoms with E-state index in [4.69, 9.17) is 0 Å². The van der Waals surface area contributed by atoms with Crippen LogP contribution in [0.5, 0.6) is 0 Å². The molecule has 1 aliphatic heterocycles. The van der Waals surface area contributed by atoms with E-state index in [0.717, 1.165) is 33.5 Å². The van der Waals surface area contributed by atoms with Crippen molar-refractivity contribution in [2.24, 2.45) is 7.05 Å². The highest BCUT2D eigenvalue weighted by molar-refractivity contribution is 6.01. The SMILES string of the molecule is Cc1ncccc1-c1ccc2c(c1)-c1cnn(C)c1C(=O)N(C)C2. The zero-order valence-electron chi connectivity index (χ0n) is 13.9. The van der Waals surface area contributed by atoms with Crippen LogP contribution in [0.1, 0.15) is 21.7 Å². The number of fused-ring (bicyclic) bond motifs is 3. The molecule has 1 aliphatic rings. The Balaban J connectivity index is 1.96. The molecule has 1 aromatic carbocycles. The van der Waals surface area contributed by atoms with Crippen LogP contribution in [-0.2, 0) is 13.6 Å². The molecule has 0 fully saturated rings. The van der Waals surface area contributed by atoms with Gasteiger partial charge in [-0.15, -0.1) is 0 Å². The van der Waals surface area contributed by atoms with Crippen molar-refractivity contribution in [3.8, 4) is 22.3 Å². The summed E-state index contributed by atoms with van der Waals surface area (Å²) in [6, 6.07) is 10.4. The van der Waals surface area contributed by atoms with Crippen molar-refractivity contribution in [1.82, 2.24) is 19.7 Å². The van der Waals surface area contributed by atoms with Gasteiger partial charge in [0.25, 0.3) is 5.91 Å². The average molecular weight is 318 g/mol. The van der Waals surface area contributed by atoms with E-state index in [1.807, 2.05) is 27.1 Å². The third-order valence-electron chi connectivity index (χ3n) is 4.61. The second-order valence-corrected chi connectivity index (χ2v) is 6.20. The summed E-state index contributed by atoms with van der Waals surface area (Å²) in [6.45, 7) is 2.60. The number of hydrogen-bond donors (Lipinski definition) is 0. The number of benzene rings is 1. The van der Waals surface area contributed by atoms with Gasteiger partial charge in [-0.1, -0.05) is 18.2 Å². The van der Waals surface area contributed by atoms with Crippen LogP contribution < -0.4 is 0 Å². The van der Waals surface area contributed by atoms with E-state index < -0.39 is 0 Å². The van der Waals surface area contributed by atoms with E-state index in [-0.39, 0.29) is 5.91 Å². The Hall–Kier alpha value is -2.95. The maximum Gasteiger partial charge on any atom is 0.272 e. The zero-order chi connectivity index (χ0) is 16.8. The minimum absolute atomic E-state index is 0.000285. The third kappa shape index (κ3) is 2.12. The second kappa shape index (κ2) is 5.30. The van der Waals surface area contributed by atoms with Gasteiger partial charge in [0.15, 0.2) is 0 Å². The molecule has 5 nitrogen and oxygen atoms in total. The molecule has 2 aromatic heterocycles. The van der Waals surface area contributed by atoms with Crippen molar-refractivity contribution >= 4 is 5.91 Å². The first-order chi connectivity index (χ1) is 11.6. The summed E-state index contributed by atoms with van der Waals surface area (Å²) in [6.07, 6.45) is 3.58. The van der Waals surface area contributed by atoms with Gasteiger partial charge in [-0.05, 0) is 35.7 Å². The van der Waals surface area contributed by atoms with Gasteiger partial charge in [0.1, 0.15) is 5.69 Å². The smallest absolute Gasteiger partial charge is 0.272 e. The number of nitrogens with zero attached hydrogens (tertiary/aromatic N) is 4. The van der Waals surface area contributed by atoms with Crippen LogP contribution in [0.3, 0.4) is 0 Å². The maximum atomic E-state index is 12.7. The molecule has 1 amide bonds. The quantitative estimate of drug-likeness (QED) is 0.693. The van der Waals surface area contributed by atoms with Gasteiger partial charge in [0.05, 0.1) is 6.20 Å². The lowest BCUT2D eigenvalue weighted by atomic mass is 9.95. The monoisotopic (exact) mass is 318 g/mol. The standard InChI is InChI=1S/C19H18N4O/c1-12-15(5-4-8-20-12)13-6-7-14-11-22(2)19(24)18-17(16(14)9-13)10-21-23(18)3/h4-10H,11H2,1-3H3. The van der Waals surface area contributed by atoms with Crippen molar-refractivity contribution in [2.75, 3.05) is 7.05 Å². The number of carbonyl (C=O) groups excluding carboxylic acids is 1. The van der Waals surface area contributed by atoms with E-state index in [2.05, 4.69) is 34.3 Å². The van der Waals surface area contributed by atoms with Crippen molar-refractivity contribution in [3.63, 3.8) is 0 Å². The Kier molecular flexibility index (Phi) is 3.23. The molecule has 0 atom stereocenters. The summed E-state index contributed by atoms with van der Waals surface area (Å²) in [7, 11) is 3.64. The summed E-state index contributed by atoms with van der Waals surface area (Å²) in [4.78, 5) is 18.8. The van der Waals surface area contributed by atoms with Gasteiger partial charge in [-0.2, -0.15) is 5.10 Å². The van der Waals surface area contributed by atoms with Crippen LogP contribution in [-0.4, -0.2) is 32.6 Å². The van der Waals surface area contributed by atoms with E-state index >= 15 is 0 Å². The van der Waals surface area contributed by atoms with Gasteiger partial charge in [0, 0.05) is 43.7 Å². The van der Waals surface area contributed by atoms with E-state index in [1.165, 1.54) is 0 Å². The highest BCUT2D eigenvalue weighted by Crippen LogP contribution is 2.35. The molecule has 0 bridgehead atoms. The Labute approximate surface area is 140 Å². The van der Waals surface area contributed by atoms with Gasteiger partial charge in [-0.25, -0.2) is 0 Å². The average Bonchev–Trinajstić information content (AvgIpc) is 2.91. The summed E-state index contributed by atoms with van der Waals surface area (Å²) in [5.74, 6) is 0.000285. The van der Waals surface area contributed by atoms with E-state index in [9.17, 15) is 4.79 Å². The molecule has 120 valence electrons. The Morgan fingerprint density at radius 3 is 2.71 bits per heavy atom. The van der Waals surface area contributed by atoms with Crippen molar-refractivity contribution in [3.05, 3.63) is 59.7 Å². The number of rotatable bonds is 1. The molecular formula is C19H18N4O. The molecule has 0 saturated heterocycles. The number of pyridine rings is 1. The second-order valence-electron chi connectivity index (χ2n) is 6.20. The Morgan fingerprint density at radius 1 is 1.08 bits per heavy atom. The molecule has 0 aliphatic carbocycles. The van der Waals surface area contributed by atoms with Crippen LogP contribution >= 0.6 is 0 Å². The molecule has 0 saturated carbocycles. The number of amides is 1. The topological polar surface area (TPSA) is 51.0 Å². The first kappa shape index (κ1) is 14.6. The zero-order valence-corrected chi connectivity index (χ0v) is 13.9. The number of aryl methyl sites for hydroxylation is 2. The largest absolute Gasteiger partial charge is 0.336 e. The number of hydrogen-bond acceptors (Lipinski definition) is 3. The molecule has 3 heterocycles. The fourth-order valence-corrected chi connectivity index (χ4v) is 3.32. The number of carbonyl (C=O) groups is 1. The van der Waals surface area contributed by atoms with Gasteiger partial charge < -0.3 is 4.90 Å². The molecule has 0 spiro atoms. The molecular weight excluding hydrogens is 300 g/mol. The third-order valence-corrected chi connectivity index (χ3v) is 4.61. The Bertz CT molecular complexity index is 958. The predicted octanol–water partition coefficient (Wildman–Crippen LogP) is 3.04. The lowest BCUT2D eigenvalue weighted by molar-refractivity contribution is 0.0777. The van der Waals surface area contributed by atoms with Crippen LogP contribution in [0.4, 0.5) is 0 Å². The predicted molar refractivity (Wildman–Crippen MR) is 92.4 cm³/mol. The van der Waals surface area contributed by atoms with Gasteiger partial charge in [-0.3, -0.25) is 14.5 Å². The van der Waals surface area contributed by atoms with Crippen molar-refractivity contribution in [2.45, 2.75) is 13.5 Å². The first-order valence-electron chi connectivity index (χ1n) is 7.89. The van der Waals surface area contributed by atoms with Gasteiger partial charge >= 0.3 is 0 Å². The fraction of sp³-hybridized carbons (Fsp3) is 0.211. The fourth-order valence-electron chi connectivity index (χ4n) is 3.32. The minimum Gasteiger partial charge on any atom is -0.336 e.